The highest BCUT2D eigenvalue weighted by Gasteiger charge is 2.10. The molecule has 23 heavy (non-hydrogen) atoms. The second-order valence-electron chi connectivity index (χ2n) is 5.45. The molecule has 0 aliphatic heterocycles. The third kappa shape index (κ3) is 4.45. The molecule has 0 aromatic heterocycles. The first-order chi connectivity index (χ1) is 11.0. The first kappa shape index (κ1) is 16.3. The molecule has 0 aliphatic carbocycles. The van der Waals surface area contributed by atoms with Crippen molar-refractivity contribution in [3.05, 3.63) is 70.9 Å². The second kappa shape index (κ2) is 7.28. The van der Waals surface area contributed by atoms with Crippen LogP contribution in [-0.2, 0) is 4.79 Å². The van der Waals surface area contributed by atoms with Crippen molar-refractivity contribution < 1.29 is 4.79 Å². The van der Waals surface area contributed by atoms with E-state index in [0.29, 0.717) is 5.69 Å². The third-order valence-corrected chi connectivity index (χ3v) is 3.43. The lowest BCUT2D eigenvalue weighted by atomic mass is 10.1. The molecule has 2 aromatic rings. The van der Waals surface area contributed by atoms with Gasteiger partial charge in [-0.3, -0.25) is 4.79 Å². The molecule has 0 unspecified atom stereocenters. The van der Waals surface area contributed by atoms with Crippen molar-refractivity contribution in [2.24, 2.45) is 0 Å². The van der Waals surface area contributed by atoms with Crippen molar-refractivity contribution in [1.82, 2.24) is 0 Å². The van der Waals surface area contributed by atoms with Gasteiger partial charge in [0.2, 0.25) is 0 Å². The fraction of sp³-hybridized carbons (Fsp3) is 0.158. The highest BCUT2D eigenvalue weighted by Crippen LogP contribution is 2.17. The first-order valence-electron chi connectivity index (χ1n) is 7.31. The largest absolute Gasteiger partial charge is 0.360 e. The minimum absolute atomic E-state index is 0.0190. The molecule has 0 fully saturated rings. The van der Waals surface area contributed by atoms with Crippen LogP contribution in [0.4, 0.5) is 11.4 Å². The van der Waals surface area contributed by atoms with Crippen LogP contribution in [0.3, 0.4) is 0 Å². The van der Waals surface area contributed by atoms with E-state index in [9.17, 15) is 10.1 Å². The Labute approximate surface area is 136 Å². The number of anilines is 2. The lowest BCUT2D eigenvalue weighted by Gasteiger charge is -2.09. The molecule has 0 bridgehead atoms. The lowest BCUT2D eigenvalue weighted by molar-refractivity contribution is -0.112. The molecule has 4 heteroatoms. The number of amides is 1. The average Bonchev–Trinajstić information content (AvgIpc) is 2.52. The summed E-state index contributed by atoms with van der Waals surface area (Å²) in [4.78, 5) is 12.2. The van der Waals surface area contributed by atoms with Gasteiger partial charge in [0.15, 0.2) is 0 Å². The van der Waals surface area contributed by atoms with Crippen molar-refractivity contribution in [1.29, 1.82) is 5.26 Å². The van der Waals surface area contributed by atoms with E-state index in [-0.39, 0.29) is 5.57 Å². The Morgan fingerprint density at radius 2 is 1.70 bits per heavy atom. The fourth-order valence-corrected chi connectivity index (χ4v) is 2.10. The Morgan fingerprint density at radius 1 is 1.04 bits per heavy atom. The Balaban J connectivity index is 2.10. The molecule has 1 amide bonds. The fourth-order valence-electron chi connectivity index (χ4n) is 2.10. The maximum absolute atomic E-state index is 12.2. The predicted octanol–water partition coefficient (Wildman–Crippen LogP) is 4.07. The van der Waals surface area contributed by atoms with E-state index in [4.69, 9.17) is 0 Å². The number of carbonyl (C=O) groups is 1. The van der Waals surface area contributed by atoms with E-state index in [1.807, 2.05) is 69.3 Å². The van der Waals surface area contributed by atoms with Crippen LogP contribution < -0.4 is 10.6 Å². The van der Waals surface area contributed by atoms with Gasteiger partial charge in [0.1, 0.15) is 11.6 Å². The molecular weight excluding hydrogens is 286 g/mol. The zero-order chi connectivity index (χ0) is 16.8. The Morgan fingerprint density at radius 3 is 2.30 bits per heavy atom. The van der Waals surface area contributed by atoms with E-state index in [2.05, 4.69) is 10.6 Å². The zero-order valence-electron chi connectivity index (χ0n) is 13.5. The van der Waals surface area contributed by atoms with E-state index < -0.39 is 5.91 Å². The molecule has 2 N–H and O–H groups in total. The highest BCUT2D eigenvalue weighted by atomic mass is 16.1. The quantitative estimate of drug-likeness (QED) is 0.661. The second-order valence-corrected chi connectivity index (χ2v) is 5.45. The topological polar surface area (TPSA) is 64.9 Å². The van der Waals surface area contributed by atoms with Gasteiger partial charge in [0.05, 0.1) is 0 Å². The molecule has 0 saturated carbocycles. The molecule has 0 saturated heterocycles. The summed E-state index contributed by atoms with van der Waals surface area (Å²) in [5.41, 5.74) is 4.78. The summed E-state index contributed by atoms with van der Waals surface area (Å²) in [5, 5.41) is 14.9. The van der Waals surface area contributed by atoms with Crippen LogP contribution in [0, 0.1) is 32.1 Å². The van der Waals surface area contributed by atoms with E-state index >= 15 is 0 Å². The summed E-state index contributed by atoms with van der Waals surface area (Å²) in [6.07, 6.45) is 1.42. The summed E-state index contributed by atoms with van der Waals surface area (Å²) in [6.45, 7) is 5.91. The molecule has 0 aliphatic rings. The van der Waals surface area contributed by atoms with Gasteiger partial charge < -0.3 is 10.6 Å². The molecular formula is C19H19N3O. The lowest BCUT2D eigenvalue weighted by Crippen LogP contribution is -2.15. The Kier molecular flexibility index (Phi) is 5.16. The maximum atomic E-state index is 12.2. The summed E-state index contributed by atoms with van der Waals surface area (Å²) in [5.74, 6) is -0.431. The van der Waals surface area contributed by atoms with E-state index in [0.717, 1.165) is 22.4 Å². The zero-order valence-corrected chi connectivity index (χ0v) is 13.5. The molecule has 0 atom stereocenters. The summed E-state index contributed by atoms with van der Waals surface area (Å²) >= 11 is 0. The molecule has 0 heterocycles. The van der Waals surface area contributed by atoms with Crippen LogP contribution in [-0.4, -0.2) is 5.91 Å². The third-order valence-electron chi connectivity index (χ3n) is 3.43. The number of nitriles is 1. The molecule has 0 radical (unpaired) electrons. The first-order valence-corrected chi connectivity index (χ1v) is 7.31. The van der Waals surface area contributed by atoms with Crippen LogP contribution in [0.1, 0.15) is 16.7 Å². The van der Waals surface area contributed by atoms with Crippen LogP contribution in [0.15, 0.2) is 54.2 Å². The van der Waals surface area contributed by atoms with Gasteiger partial charge in [-0.15, -0.1) is 0 Å². The van der Waals surface area contributed by atoms with Gasteiger partial charge in [-0.25, -0.2) is 0 Å². The minimum atomic E-state index is -0.431. The van der Waals surface area contributed by atoms with Gasteiger partial charge in [-0.2, -0.15) is 5.26 Å². The highest BCUT2D eigenvalue weighted by molar-refractivity contribution is 6.07. The Bertz CT molecular complexity index is 783. The van der Waals surface area contributed by atoms with Crippen molar-refractivity contribution in [3.63, 3.8) is 0 Å². The molecule has 0 spiro atoms. The van der Waals surface area contributed by atoms with Crippen LogP contribution >= 0.6 is 0 Å². The molecule has 116 valence electrons. The number of benzene rings is 2. The summed E-state index contributed by atoms with van der Waals surface area (Å²) in [7, 11) is 0. The minimum Gasteiger partial charge on any atom is -0.360 e. The standard InChI is InChI=1S/C19H19N3O/c1-13-4-7-17(8-5-13)21-12-16(11-20)19(23)22-18-9-6-14(2)10-15(18)3/h4-10,12,21H,1-3H3,(H,22,23)/b16-12-. The summed E-state index contributed by atoms with van der Waals surface area (Å²) < 4.78 is 0. The van der Waals surface area contributed by atoms with Crippen molar-refractivity contribution in [3.8, 4) is 6.07 Å². The average molecular weight is 305 g/mol. The number of aryl methyl sites for hydroxylation is 3. The molecule has 4 nitrogen and oxygen atoms in total. The number of hydrogen-bond donors (Lipinski definition) is 2. The maximum Gasteiger partial charge on any atom is 0.267 e. The van der Waals surface area contributed by atoms with Crippen molar-refractivity contribution in [2.45, 2.75) is 20.8 Å². The molecule has 2 rings (SSSR count). The number of nitrogens with one attached hydrogen (secondary N) is 2. The molecule has 2 aromatic carbocycles. The number of carbonyl (C=O) groups excluding carboxylic acids is 1. The Hall–Kier alpha value is -3.06. The van der Waals surface area contributed by atoms with Crippen LogP contribution in [0.25, 0.3) is 0 Å². The van der Waals surface area contributed by atoms with Gasteiger partial charge >= 0.3 is 0 Å². The van der Waals surface area contributed by atoms with Crippen LogP contribution in [0.5, 0.6) is 0 Å². The summed E-state index contributed by atoms with van der Waals surface area (Å²) in [6, 6.07) is 15.4. The van der Waals surface area contributed by atoms with E-state index in [1.54, 1.807) is 0 Å². The van der Waals surface area contributed by atoms with E-state index in [1.165, 1.54) is 6.20 Å². The van der Waals surface area contributed by atoms with Crippen molar-refractivity contribution in [2.75, 3.05) is 10.6 Å². The van der Waals surface area contributed by atoms with Crippen LogP contribution in [0.2, 0.25) is 0 Å². The SMILES string of the molecule is Cc1ccc(N/C=C(/C#N)C(=O)Nc2ccc(C)cc2C)cc1. The van der Waals surface area contributed by atoms with Gasteiger partial charge in [0.25, 0.3) is 5.91 Å². The normalized spacial score (nSPS) is 10.8. The van der Waals surface area contributed by atoms with Gasteiger partial charge in [-0.05, 0) is 44.5 Å². The number of hydrogen-bond acceptors (Lipinski definition) is 3. The number of nitrogens with zero attached hydrogens (tertiary/aromatic N) is 1. The monoisotopic (exact) mass is 305 g/mol. The smallest absolute Gasteiger partial charge is 0.267 e. The van der Waals surface area contributed by atoms with Gasteiger partial charge in [-0.1, -0.05) is 35.4 Å². The van der Waals surface area contributed by atoms with Gasteiger partial charge in [0, 0.05) is 17.6 Å². The predicted molar refractivity (Wildman–Crippen MR) is 93.0 cm³/mol. The van der Waals surface area contributed by atoms with Crippen molar-refractivity contribution >= 4 is 17.3 Å². The number of rotatable bonds is 4.